The molecule has 0 aromatic heterocycles. The minimum atomic E-state index is -0.474. The van der Waals surface area contributed by atoms with Gasteiger partial charge in [-0.15, -0.1) is 24.0 Å². The van der Waals surface area contributed by atoms with E-state index in [4.69, 9.17) is 4.74 Å². The number of hydrogen-bond acceptors (Lipinski definition) is 4. The lowest BCUT2D eigenvalue weighted by atomic mass is 10.1. The van der Waals surface area contributed by atoms with Gasteiger partial charge >= 0.3 is 6.09 Å². The SMILES string of the molecule is CCNC(=NCC1CCCC1O)NCCCNC(=O)OC(C)(C)C.I. The summed E-state index contributed by atoms with van der Waals surface area (Å²) in [5.41, 5.74) is -0.474. The van der Waals surface area contributed by atoms with Gasteiger partial charge in [0.2, 0.25) is 0 Å². The Morgan fingerprint density at radius 2 is 1.88 bits per heavy atom. The number of aliphatic hydroxyl groups is 1. The lowest BCUT2D eigenvalue weighted by molar-refractivity contribution is 0.0527. The molecular weight excluding hydrogens is 435 g/mol. The van der Waals surface area contributed by atoms with Crippen LogP contribution in [0, 0.1) is 5.92 Å². The van der Waals surface area contributed by atoms with Crippen LogP contribution in [-0.4, -0.2) is 55.0 Å². The molecule has 0 saturated heterocycles. The van der Waals surface area contributed by atoms with Crippen LogP contribution in [0.15, 0.2) is 4.99 Å². The molecule has 0 aromatic rings. The van der Waals surface area contributed by atoms with Crippen molar-refractivity contribution in [2.24, 2.45) is 10.9 Å². The Morgan fingerprint density at radius 1 is 1.20 bits per heavy atom. The van der Waals surface area contributed by atoms with E-state index in [0.717, 1.165) is 38.2 Å². The van der Waals surface area contributed by atoms with E-state index in [-0.39, 0.29) is 36.0 Å². The van der Waals surface area contributed by atoms with E-state index in [0.29, 0.717) is 19.6 Å². The average molecular weight is 470 g/mol. The number of aliphatic imine (C=N–C) groups is 1. The zero-order valence-electron chi connectivity index (χ0n) is 15.9. The van der Waals surface area contributed by atoms with E-state index in [2.05, 4.69) is 20.9 Å². The van der Waals surface area contributed by atoms with E-state index in [1.165, 1.54) is 0 Å². The number of ether oxygens (including phenoxy) is 1. The van der Waals surface area contributed by atoms with Crippen LogP contribution in [0.4, 0.5) is 4.79 Å². The normalized spacial score (nSPS) is 20.6. The van der Waals surface area contributed by atoms with Gasteiger partial charge in [0, 0.05) is 32.1 Å². The summed E-state index contributed by atoms with van der Waals surface area (Å²) in [5.74, 6) is 1.03. The predicted octanol–water partition coefficient (Wildman–Crippen LogP) is 2.24. The molecule has 2 atom stereocenters. The average Bonchev–Trinajstić information content (AvgIpc) is 2.87. The molecule has 0 spiro atoms. The van der Waals surface area contributed by atoms with Crippen molar-refractivity contribution in [3.05, 3.63) is 0 Å². The van der Waals surface area contributed by atoms with Crippen LogP contribution in [-0.2, 0) is 4.74 Å². The fourth-order valence-corrected chi connectivity index (χ4v) is 2.58. The number of carbonyl (C=O) groups excluding carboxylic acids is 1. The summed E-state index contributed by atoms with van der Waals surface area (Å²) >= 11 is 0. The van der Waals surface area contributed by atoms with E-state index in [9.17, 15) is 9.90 Å². The molecule has 7 nitrogen and oxygen atoms in total. The summed E-state index contributed by atoms with van der Waals surface area (Å²) < 4.78 is 5.18. The Balaban J connectivity index is 0.00000576. The minimum Gasteiger partial charge on any atom is -0.444 e. The molecule has 1 aliphatic carbocycles. The highest BCUT2D eigenvalue weighted by Crippen LogP contribution is 2.25. The van der Waals surface area contributed by atoms with Crippen LogP contribution in [0.3, 0.4) is 0 Å². The molecule has 0 radical (unpaired) electrons. The van der Waals surface area contributed by atoms with E-state index in [1.807, 2.05) is 27.7 Å². The molecule has 0 bridgehead atoms. The summed E-state index contributed by atoms with van der Waals surface area (Å²) in [7, 11) is 0. The van der Waals surface area contributed by atoms with Crippen LogP contribution >= 0.6 is 24.0 Å². The number of rotatable bonds is 7. The van der Waals surface area contributed by atoms with Crippen molar-refractivity contribution in [1.82, 2.24) is 16.0 Å². The fourth-order valence-electron chi connectivity index (χ4n) is 2.58. The van der Waals surface area contributed by atoms with Crippen molar-refractivity contribution in [1.29, 1.82) is 0 Å². The number of aliphatic hydroxyl groups excluding tert-OH is 1. The topological polar surface area (TPSA) is 95.0 Å². The first-order valence-corrected chi connectivity index (χ1v) is 8.99. The largest absolute Gasteiger partial charge is 0.444 e. The Labute approximate surface area is 168 Å². The fraction of sp³-hybridized carbons (Fsp3) is 0.882. The number of guanidine groups is 1. The van der Waals surface area contributed by atoms with Crippen LogP contribution < -0.4 is 16.0 Å². The van der Waals surface area contributed by atoms with Crippen molar-refractivity contribution in [3.8, 4) is 0 Å². The molecule has 8 heteroatoms. The van der Waals surface area contributed by atoms with Gasteiger partial charge in [0.25, 0.3) is 0 Å². The van der Waals surface area contributed by atoms with Crippen LogP contribution in [0.25, 0.3) is 0 Å². The van der Waals surface area contributed by atoms with Crippen molar-refractivity contribution in [3.63, 3.8) is 0 Å². The zero-order chi connectivity index (χ0) is 18.0. The number of hydrogen-bond donors (Lipinski definition) is 4. The van der Waals surface area contributed by atoms with Crippen LogP contribution in [0.1, 0.15) is 53.4 Å². The summed E-state index contributed by atoms with van der Waals surface area (Å²) in [6.45, 7) is 10.2. The second kappa shape index (κ2) is 12.6. The maximum atomic E-state index is 11.5. The molecule has 0 aromatic carbocycles. The molecule has 1 amide bonds. The Bertz CT molecular complexity index is 413. The van der Waals surface area contributed by atoms with Crippen molar-refractivity contribution < 1.29 is 14.6 Å². The predicted molar refractivity (Wildman–Crippen MR) is 112 cm³/mol. The van der Waals surface area contributed by atoms with E-state index in [1.54, 1.807) is 0 Å². The first-order valence-electron chi connectivity index (χ1n) is 8.99. The summed E-state index contributed by atoms with van der Waals surface area (Å²) in [6.07, 6.45) is 3.19. The van der Waals surface area contributed by atoms with Crippen molar-refractivity contribution in [2.75, 3.05) is 26.2 Å². The highest BCUT2D eigenvalue weighted by Gasteiger charge is 2.24. The number of carbonyl (C=O) groups is 1. The standard InChI is InChI=1S/C17H34N4O3.HI/c1-5-18-15(21-12-13-8-6-9-14(13)22)19-10-7-11-20-16(23)24-17(2,3)4;/h13-14,22H,5-12H2,1-4H3,(H,20,23)(H2,18,19,21);1H. The van der Waals surface area contributed by atoms with Crippen LogP contribution in [0.2, 0.25) is 0 Å². The maximum absolute atomic E-state index is 11.5. The molecule has 0 aliphatic heterocycles. The third-order valence-corrected chi connectivity index (χ3v) is 3.76. The third kappa shape index (κ3) is 11.5. The number of nitrogens with one attached hydrogen (secondary N) is 3. The monoisotopic (exact) mass is 470 g/mol. The molecule has 1 saturated carbocycles. The molecule has 1 rings (SSSR count). The van der Waals surface area contributed by atoms with Crippen molar-refractivity contribution in [2.45, 2.75) is 65.1 Å². The van der Waals surface area contributed by atoms with Gasteiger partial charge in [-0.1, -0.05) is 6.42 Å². The van der Waals surface area contributed by atoms with Gasteiger partial charge in [0.15, 0.2) is 5.96 Å². The van der Waals surface area contributed by atoms with Gasteiger partial charge in [-0.3, -0.25) is 4.99 Å². The summed E-state index contributed by atoms with van der Waals surface area (Å²) in [4.78, 5) is 16.1. The zero-order valence-corrected chi connectivity index (χ0v) is 18.3. The van der Waals surface area contributed by atoms with Gasteiger partial charge in [-0.2, -0.15) is 0 Å². The first-order chi connectivity index (χ1) is 11.3. The Hall–Kier alpha value is -0.770. The molecule has 25 heavy (non-hydrogen) atoms. The second-order valence-electron chi connectivity index (χ2n) is 7.19. The summed E-state index contributed by atoms with van der Waals surface area (Å²) in [5, 5.41) is 19.0. The molecule has 1 fully saturated rings. The number of halogens is 1. The van der Waals surface area contributed by atoms with Crippen LogP contribution in [0.5, 0.6) is 0 Å². The second-order valence-corrected chi connectivity index (χ2v) is 7.19. The molecule has 148 valence electrons. The van der Waals surface area contributed by atoms with E-state index < -0.39 is 11.7 Å². The molecule has 1 aliphatic rings. The molecule has 0 heterocycles. The lowest BCUT2D eigenvalue weighted by Gasteiger charge is -2.19. The minimum absolute atomic E-state index is 0. The third-order valence-electron chi connectivity index (χ3n) is 3.76. The molecule has 2 unspecified atom stereocenters. The maximum Gasteiger partial charge on any atom is 0.407 e. The van der Waals surface area contributed by atoms with Gasteiger partial charge in [0.1, 0.15) is 5.60 Å². The van der Waals surface area contributed by atoms with Gasteiger partial charge < -0.3 is 25.8 Å². The Morgan fingerprint density at radius 3 is 2.44 bits per heavy atom. The molecule has 4 N–H and O–H groups in total. The quantitative estimate of drug-likeness (QED) is 0.198. The summed E-state index contributed by atoms with van der Waals surface area (Å²) in [6, 6.07) is 0. The molecular formula is C17H35IN4O3. The number of alkyl carbamates (subject to hydrolysis) is 1. The smallest absolute Gasteiger partial charge is 0.407 e. The van der Waals surface area contributed by atoms with Gasteiger partial charge in [-0.05, 0) is 47.0 Å². The van der Waals surface area contributed by atoms with Gasteiger partial charge in [-0.25, -0.2) is 4.79 Å². The highest BCUT2D eigenvalue weighted by molar-refractivity contribution is 14.0. The number of amides is 1. The van der Waals surface area contributed by atoms with Gasteiger partial charge in [0.05, 0.1) is 6.10 Å². The Kier molecular flexibility index (Phi) is 12.2. The van der Waals surface area contributed by atoms with E-state index >= 15 is 0 Å². The lowest BCUT2D eigenvalue weighted by Crippen LogP contribution is -2.39. The van der Waals surface area contributed by atoms with Crippen molar-refractivity contribution >= 4 is 36.0 Å². The number of nitrogens with zero attached hydrogens (tertiary/aromatic N) is 1. The first kappa shape index (κ1) is 24.2. The highest BCUT2D eigenvalue weighted by atomic mass is 127.